The first kappa shape index (κ1) is 13.3. The Morgan fingerprint density at radius 3 is 2.20 bits per heavy atom. The monoisotopic (exact) mass is 269 g/mol. The molecule has 1 saturated carbocycles. The zero-order valence-electron chi connectivity index (χ0n) is 11.7. The van der Waals surface area contributed by atoms with Gasteiger partial charge < -0.3 is 5.32 Å². The van der Waals surface area contributed by atoms with E-state index in [1.165, 1.54) is 24.0 Å². The van der Waals surface area contributed by atoms with Crippen LogP contribution in [0, 0.1) is 11.7 Å². The van der Waals surface area contributed by atoms with Gasteiger partial charge in [0.25, 0.3) is 0 Å². The Hall–Kier alpha value is -1.67. The van der Waals surface area contributed by atoms with Gasteiger partial charge >= 0.3 is 0 Å². The molecule has 2 aromatic rings. The molecule has 0 saturated heterocycles. The predicted octanol–water partition coefficient (Wildman–Crippen LogP) is 4.63. The van der Waals surface area contributed by atoms with Gasteiger partial charge in [0.1, 0.15) is 5.82 Å². The fourth-order valence-corrected chi connectivity index (χ4v) is 2.71. The average Bonchev–Trinajstić information content (AvgIpc) is 3.31. The SMILES string of the molecule is C[C@H](NC(c1ccc(F)cc1)C1CC1)c1ccccc1. The summed E-state index contributed by atoms with van der Waals surface area (Å²) in [4.78, 5) is 0. The molecule has 0 aromatic heterocycles. The van der Waals surface area contributed by atoms with Gasteiger partial charge in [-0.25, -0.2) is 4.39 Å². The van der Waals surface area contributed by atoms with Crippen LogP contribution in [-0.2, 0) is 0 Å². The van der Waals surface area contributed by atoms with Crippen LogP contribution in [0.3, 0.4) is 0 Å². The summed E-state index contributed by atoms with van der Waals surface area (Å²) in [6.45, 7) is 2.19. The number of nitrogens with one attached hydrogen (secondary N) is 1. The highest BCUT2D eigenvalue weighted by Crippen LogP contribution is 2.42. The van der Waals surface area contributed by atoms with Crippen molar-refractivity contribution >= 4 is 0 Å². The Labute approximate surface area is 119 Å². The highest BCUT2D eigenvalue weighted by atomic mass is 19.1. The van der Waals surface area contributed by atoms with Crippen molar-refractivity contribution in [1.82, 2.24) is 5.32 Å². The van der Waals surface area contributed by atoms with Crippen LogP contribution >= 0.6 is 0 Å². The normalized spacial score (nSPS) is 17.7. The Kier molecular flexibility index (Phi) is 3.83. The topological polar surface area (TPSA) is 12.0 Å². The standard InChI is InChI=1S/C18H20FN/c1-13(14-5-3-2-4-6-14)20-18(15-7-8-15)16-9-11-17(19)12-10-16/h2-6,9-13,15,18,20H,7-8H2,1H3/t13-,18?/m0/s1. The van der Waals surface area contributed by atoms with E-state index in [2.05, 4.69) is 36.5 Å². The summed E-state index contributed by atoms with van der Waals surface area (Å²) in [6, 6.07) is 18.0. The van der Waals surface area contributed by atoms with Gasteiger partial charge in [-0.1, -0.05) is 42.5 Å². The maximum absolute atomic E-state index is 13.1. The Balaban J connectivity index is 1.76. The van der Waals surface area contributed by atoms with Crippen molar-refractivity contribution in [2.24, 2.45) is 5.92 Å². The van der Waals surface area contributed by atoms with Gasteiger partial charge in [0.05, 0.1) is 0 Å². The maximum atomic E-state index is 13.1. The zero-order chi connectivity index (χ0) is 13.9. The number of rotatable bonds is 5. The van der Waals surface area contributed by atoms with Gasteiger partial charge in [0.15, 0.2) is 0 Å². The summed E-state index contributed by atoms with van der Waals surface area (Å²) in [7, 11) is 0. The van der Waals surface area contributed by atoms with Crippen LogP contribution in [0.15, 0.2) is 54.6 Å². The molecule has 1 fully saturated rings. The highest BCUT2D eigenvalue weighted by Gasteiger charge is 2.33. The molecule has 1 N–H and O–H groups in total. The minimum absolute atomic E-state index is 0.167. The third-order valence-corrected chi connectivity index (χ3v) is 4.05. The van der Waals surface area contributed by atoms with Gasteiger partial charge in [-0.15, -0.1) is 0 Å². The predicted molar refractivity (Wildman–Crippen MR) is 79.9 cm³/mol. The van der Waals surface area contributed by atoms with E-state index in [0.29, 0.717) is 18.0 Å². The van der Waals surface area contributed by atoms with E-state index in [1.807, 2.05) is 18.2 Å². The largest absolute Gasteiger partial charge is 0.303 e. The first-order valence-electron chi connectivity index (χ1n) is 7.30. The molecule has 0 radical (unpaired) electrons. The van der Waals surface area contributed by atoms with Gasteiger partial charge in [-0.3, -0.25) is 0 Å². The number of benzene rings is 2. The fraction of sp³-hybridized carbons (Fsp3) is 0.333. The van der Waals surface area contributed by atoms with Crippen LogP contribution in [0.2, 0.25) is 0 Å². The van der Waals surface area contributed by atoms with Crippen molar-refractivity contribution in [1.29, 1.82) is 0 Å². The fourth-order valence-electron chi connectivity index (χ4n) is 2.71. The van der Waals surface area contributed by atoms with Crippen molar-refractivity contribution in [2.45, 2.75) is 31.8 Å². The van der Waals surface area contributed by atoms with E-state index in [4.69, 9.17) is 0 Å². The molecule has 1 unspecified atom stereocenters. The van der Waals surface area contributed by atoms with Crippen LogP contribution < -0.4 is 5.32 Å². The molecular formula is C18H20FN. The second-order valence-corrected chi connectivity index (χ2v) is 5.67. The minimum Gasteiger partial charge on any atom is -0.303 e. The molecule has 0 aliphatic heterocycles. The van der Waals surface area contributed by atoms with Crippen molar-refractivity contribution in [2.75, 3.05) is 0 Å². The zero-order valence-corrected chi connectivity index (χ0v) is 11.7. The van der Waals surface area contributed by atoms with Crippen LogP contribution in [0.25, 0.3) is 0 Å². The van der Waals surface area contributed by atoms with E-state index < -0.39 is 0 Å². The van der Waals surface area contributed by atoms with Crippen LogP contribution in [0.1, 0.15) is 43.0 Å². The second kappa shape index (κ2) is 5.76. The first-order chi connectivity index (χ1) is 9.74. The van der Waals surface area contributed by atoms with Crippen LogP contribution in [-0.4, -0.2) is 0 Å². The van der Waals surface area contributed by atoms with Crippen molar-refractivity contribution in [3.8, 4) is 0 Å². The molecule has 1 nitrogen and oxygen atoms in total. The number of hydrogen-bond acceptors (Lipinski definition) is 1. The minimum atomic E-state index is -0.167. The molecule has 0 amide bonds. The lowest BCUT2D eigenvalue weighted by Gasteiger charge is -2.24. The molecule has 2 aromatic carbocycles. The molecule has 1 aliphatic carbocycles. The molecule has 0 spiro atoms. The number of halogens is 1. The van der Waals surface area contributed by atoms with E-state index in [-0.39, 0.29) is 5.82 Å². The van der Waals surface area contributed by atoms with E-state index >= 15 is 0 Å². The second-order valence-electron chi connectivity index (χ2n) is 5.67. The number of hydrogen-bond donors (Lipinski definition) is 1. The molecule has 3 rings (SSSR count). The molecule has 0 bridgehead atoms. The van der Waals surface area contributed by atoms with Gasteiger partial charge in [-0.05, 0) is 48.9 Å². The van der Waals surface area contributed by atoms with Gasteiger partial charge in [0.2, 0.25) is 0 Å². The first-order valence-corrected chi connectivity index (χ1v) is 7.30. The van der Waals surface area contributed by atoms with Crippen molar-refractivity contribution in [3.63, 3.8) is 0 Å². The summed E-state index contributed by atoms with van der Waals surface area (Å²) in [5.41, 5.74) is 2.48. The molecule has 2 atom stereocenters. The Morgan fingerprint density at radius 1 is 0.950 bits per heavy atom. The smallest absolute Gasteiger partial charge is 0.123 e. The summed E-state index contributed by atoms with van der Waals surface area (Å²) < 4.78 is 13.1. The third-order valence-electron chi connectivity index (χ3n) is 4.05. The van der Waals surface area contributed by atoms with Crippen LogP contribution in [0.5, 0.6) is 0 Å². The Bertz CT molecular complexity index is 545. The third kappa shape index (κ3) is 3.07. The molecule has 20 heavy (non-hydrogen) atoms. The molecule has 1 aliphatic rings. The quantitative estimate of drug-likeness (QED) is 0.834. The average molecular weight is 269 g/mol. The van der Waals surface area contributed by atoms with Crippen molar-refractivity contribution < 1.29 is 4.39 Å². The molecule has 2 heteroatoms. The summed E-state index contributed by atoms with van der Waals surface area (Å²) in [5.74, 6) is 0.519. The lowest BCUT2D eigenvalue weighted by molar-refractivity contribution is 0.427. The molecular weight excluding hydrogens is 249 g/mol. The van der Waals surface area contributed by atoms with Crippen molar-refractivity contribution in [3.05, 3.63) is 71.5 Å². The van der Waals surface area contributed by atoms with E-state index in [1.54, 1.807) is 12.1 Å². The van der Waals surface area contributed by atoms with Gasteiger partial charge in [0, 0.05) is 12.1 Å². The molecule has 0 heterocycles. The van der Waals surface area contributed by atoms with Crippen LogP contribution in [0.4, 0.5) is 4.39 Å². The molecule has 104 valence electrons. The van der Waals surface area contributed by atoms with E-state index in [0.717, 1.165) is 0 Å². The lowest BCUT2D eigenvalue weighted by atomic mass is 9.99. The van der Waals surface area contributed by atoms with E-state index in [9.17, 15) is 4.39 Å². The maximum Gasteiger partial charge on any atom is 0.123 e. The summed E-state index contributed by atoms with van der Waals surface area (Å²) in [6.07, 6.45) is 2.52. The van der Waals surface area contributed by atoms with Gasteiger partial charge in [-0.2, -0.15) is 0 Å². The highest BCUT2D eigenvalue weighted by molar-refractivity contribution is 5.24. The lowest BCUT2D eigenvalue weighted by Crippen LogP contribution is -2.26. The summed E-state index contributed by atoms with van der Waals surface area (Å²) in [5, 5.41) is 3.71. The summed E-state index contributed by atoms with van der Waals surface area (Å²) >= 11 is 0. The Morgan fingerprint density at radius 2 is 1.60 bits per heavy atom.